The van der Waals surface area contributed by atoms with Gasteiger partial charge in [-0.3, -0.25) is 9.59 Å². The topological polar surface area (TPSA) is 76.1 Å². The zero-order chi connectivity index (χ0) is 21.7. The van der Waals surface area contributed by atoms with Gasteiger partial charge in [-0.25, -0.2) is 0 Å². The molecule has 160 valence electrons. The maximum Gasteiger partial charge on any atom is 0.308 e. The summed E-state index contributed by atoms with van der Waals surface area (Å²) < 4.78 is 10.5. The Balaban J connectivity index is 1.83. The molecule has 0 bridgehead atoms. The van der Waals surface area contributed by atoms with E-state index in [2.05, 4.69) is 0 Å². The second-order valence-corrected chi connectivity index (χ2v) is 7.87. The normalized spacial score (nSPS) is 21.0. The van der Waals surface area contributed by atoms with Crippen LogP contribution in [0.15, 0.2) is 48.5 Å². The molecule has 0 aromatic heterocycles. The van der Waals surface area contributed by atoms with Crippen molar-refractivity contribution < 1.29 is 24.2 Å². The second-order valence-electron chi connectivity index (χ2n) is 7.87. The smallest absolute Gasteiger partial charge is 0.308 e. The molecule has 1 saturated carbocycles. The van der Waals surface area contributed by atoms with Crippen molar-refractivity contribution in [1.29, 1.82) is 0 Å². The van der Waals surface area contributed by atoms with E-state index in [0.717, 1.165) is 24.8 Å². The number of aliphatic hydroxyl groups is 1. The van der Waals surface area contributed by atoms with Crippen LogP contribution >= 0.6 is 0 Å². The number of nitrogens with zero attached hydrogens (tertiary/aromatic N) is 1. The molecule has 2 atom stereocenters. The number of ether oxygens (including phenoxy) is 2. The van der Waals surface area contributed by atoms with Gasteiger partial charge in [0, 0.05) is 26.4 Å². The molecule has 1 fully saturated rings. The number of carbonyl (C=O) groups excluding carboxylic acids is 2. The molecule has 1 N–H and O–H groups in total. The van der Waals surface area contributed by atoms with E-state index >= 15 is 0 Å². The van der Waals surface area contributed by atoms with Gasteiger partial charge in [-0.15, -0.1) is 0 Å². The summed E-state index contributed by atoms with van der Waals surface area (Å²) in [4.78, 5) is 26.1. The number of esters is 1. The highest BCUT2D eigenvalue weighted by Crippen LogP contribution is 2.43. The van der Waals surface area contributed by atoms with Gasteiger partial charge in [0.2, 0.25) is 0 Å². The Morgan fingerprint density at radius 2 is 1.93 bits per heavy atom. The molecule has 1 amide bonds. The lowest BCUT2D eigenvalue weighted by Crippen LogP contribution is -2.45. The van der Waals surface area contributed by atoms with Crippen LogP contribution in [0, 0.1) is 5.92 Å². The van der Waals surface area contributed by atoms with Crippen molar-refractivity contribution in [3.63, 3.8) is 0 Å². The summed E-state index contributed by atoms with van der Waals surface area (Å²) in [5, 5.41) is 11.6. The minimum Gasteiger partial charge on any atom is -0.497 e. The second kappa shape index (κ2) is 9.30. The largest absolute Gasteiger partial charge is 0.497 e. The van der Waals surface area contributed by atoms with Crippen molar-refractivity contribution in [2.75, 3.05) is 20.7 Å². The van der Waals surface area contributed by atoms with Crippen LogP contribution in [-0.2, 0) is 10.4 Å². The molecule has 2 aromatic rings. The van der Waals surface area contributed by atoms with Crippen LogP contribution in [0.3, 0.4) is 0 Å². The van der Waals surface area contributed by atoms with Crippen LogP contribution in [-0.4, -0.2) is 42.6 Å². The summed E-state index contributed by atoms with van der Waals surface area (Å²) in [6.07, 6.45) is 3.38. The molecule has 0 unspecified atom stereocenters. The van der Waals surface area contributed by atoms with Crippen LogP contribution in [0.4, 0.5) is 0 Å². The molecule has 30 heavy (non-hydrogen) atoms. The number of amides is 1. The number of benzene rings is 2. The fourth-order valence-corrected chi connectivity index (χ4v) is 4.25. The van der Waals surface area contributed by atoms with E-state index in [4.69, 9.17) is 9.47 Å². The van der Waals surface area contributed by atoms with E-state index in [0.29, 0.717) is 24.3 Å². The Bertz CT molecular complexity index is 912. The van der Waals surface area contributed by atoms with E-state index in [-0.39, 0.29) is 17.6 Å². The van der Waals surface area contributed by atoms with E-state index in [1.54, 1.807) is 43.3 Å². The van der Waals surface area contributed by atoms with Crippen LogP contribution in [0.25, 0.3) is 0 Å². The third-order valence-electron chi connectivity index (χ3n) is 5.82. The fraction of sp³-hybridized carbons (Fsp3) is 0.417. The summed E-state index contributed by atoms with van der Waals surface area (Å²) in [7, 11) is 3.32. The van der Waals surface area contributed by atoms with E-state index in [9.17, 15) is 14.7 Å². The number of hydrogen-bond donors (Lipinski definition) is 1. The molecule has 0 spiro atoms. The fourth-order valence-electron chi connectivity index (χ4n) is 4.25. The average Bonchev–Trinajstić information content (AvgIpc) is 2.75. The molecule has 1 aliphatic rings. The Labute approximate surface area is 177 Å². The van der Waals surface area contributed by atoms with E-state index in [1.165, 1.54) is 6.92 Å². The van der Waals surface area contributed by atoms with Crippen LogP contribution in [0.5, 0.6) is 11.5 Å². The summed E-state index contributed by atoms with van der Waals surface area (Å²) >= 11 is 0. The minimum atomic E-state index is -1.03. The Kier molecular flexibility index (Phi) is 6.77. The minimum absolute atomic E-state index is 0.117. The first kappa shape index (κ1) is 21.8. The monoisotopic (exact) mass is 411 g/mol. The highest BCUT2D eigenvalue weighted by Gasteiger charge is 2.41. The zero-order valence-corrected chi connectivity index (χ0v) is 17.8. The van der Waals surface area contributed by atoms with Gasteiger partial charge < -0.3 is 19.5 Å². The Morgan fingerprint density at radius 3 is 2.67 bits per heavy atom. The summed E-state index contributed by atoms with van der Waals surface area (Å²) in [6, 6.07) is 14.2. The van der Waals surface area contributed by atoms with Gasteiger partial charge in [-0.1, -0.05) is 37.1 Å². The Hall–Kier alpha value is -2.86. The number of carbonyl (C=O) groups is 2. The average molecular weight is 411 g/mol. The first-order valence-corrected chi connectivity index (χ1v) is 10.2. The molecule has 6 nitrogen and oxygen atoms in total. The molecule has 2 aromatic carbocycles. The standard InChI is InChI=1S/C24H29NO5/c1-17(26)30-22-13-5-4-12-21(22)23(27)25(2)16-19-9-6-7-14-24(19,28)18-10-8-11-20(15-18)29-3/h4-5,8,10-13,15,19,28H,6-7,9,14,16H2,1-3H3/t19-,24+/m1/s1. The third-order valence-corrected chi connectivity index (χ3v) is 5.82. The zero-order valence-electron chi connectivity index (χ0n) is 17.8. The van der Waals surface area contributed by atoms with Crippen LogP contribution < -0.4 is 9.47 Å². The quantitative estimate of drug-likeness (QED) is 0.578. The van der Waals surface area contributed by atoms with Gasteiger partial charge in [-0.2, -0.15) is 0 Å². The van der Waals surface area contributed by atoms with E-state index in [1.807, 2.05) is 24.3 Å². The van der Waals surface area contributed by atoms with Crippen LogP contribution in [0.2, 0.25) is 0 Å². The van der Waals surface area contributed by atoms with Crippen molar-refractivity contribution >= 4 is 11.9 Å². The molecule has 0 heterocycles. The maximum absolute atomic E-state index is 13.1. The van der Waals surface area contributed by atoms with Crippen molar-refractivity contribution in [1.82, 2.24) is 4.90 Å². The van der Waals surface area contributed by atoms with Crippen molar-refractivity contribution in [3.05, 3.63) is 59.7 Å². The summed E-state index contributed by atoms with van der Waals surface area (Å²) in [6.45, 7) is 1.70. The molecule has 0 saturated heterocycles. The molecule has 6 heteroatoms. The number of methoxy groups -OCH3 is 1. The van der Waals surface area contributed by atoms with Gasteiger partial charge in [0.15, 0.2) is 0 Å². The molecule has 1 aliphatic carbocycles. The Morgan fingerprint density at radius 1 is 1.17 bits per heavy atom. The lowest BCUT2D eigenvalue weighted by molar-refractivity contribution is -0.131. The van der Waals surface area contributed by atoms with Gasteiger partial charge >= 0.3 is 5.97 Å². The third kappa shape index (κ3) is 4.65. The predicted octanol–water partition coefficient (Wildman–Crippen LogP) is 3.77. The highest BCUT2D eigenvalue weighted by molar-refractivity contribution is 5.97. The predicted molar refractivity (Wildman–Crippen MR) is 114 cm³/mol. The number of rotatable bonds is 6. The van der Waals surface area contributed by atoms with Crippen LogP contribution in [0.1, 0.15) is 48.5 Å². The van der Waals surface area contributed by atoms with Gasteiger partial charge in [0.05, 0.1) is 18.3 Å². The highest BCUT2D eigenvalue weighted by atomic mass is 16.5. The molecular formula is C24H29NO5. The van der Waals surface area contributed by atoms with Gasteiger partial charge in [-0.05, 0) is 42.7 Å². The summed E-state index contributed by atoms with van der Waals surface area (Å²) in [5.41, 5.74) is 0.111. The maximum atomic E-state index is 13.1. The van der Waals surface area contributed by atoms with Gasteiger partial charge in [0.1, 0.15) is 11.5 Å². The number of hydrogen-bond acceptors (Lipinski definition) is 5. The van der Waals surface area contributed by atoms with Crippen molar-refractivity contribution in [2.45, 2.75) is 38.2 Å². The lowest BCUT2D eigenvalue weighted by atomic mass is 9.71. The SMILES string of the molecule is COc1cccc([C@@]2(O)CCCC[C@@H]2CN(C)C(=O)c2ccccc2OC(C)=O)c1. The first-order chi connectivity index (χ1) is 14.3. The lowest BCUT2D eigenvalue weighted by Gasteiger charge is -2.42. The van der Waals surface area contributed by atoms with Gasteiger partial charge in [0.25, 0.3) is 5.91 Å². The molecular weight excluding hydrogens is 382 g/mol. The molecule has 3 rings (SSSR count). The van der Waals surface area contributed by atoms with E-state index < -0.39 is 11.6 Å². The molecule has 0 aliphatic heterocycles. The first-order valence-electron chi connectivity index (χ1n) is 10.2. The van der Waals surface area contributed by atoms with Crippen molar-refractivity contribution in [2.24, 2.45) is 5.92 Å². The summed E-state index contributed by atoms with van der Waals surface area (Å²) in [5.74, 6) is 0.106. The van der Waals surface area contributed by atoms with Crippen molar-refractivity contribution in [3.8, 4) is 11.5 Å². The number of para-hydroxylation sites is 1. The molecule has 0 radical (unpaired) electrons.